The number of rotatable bonds is 5. The summed E-state index contributed by atoms with van der Waals surface area (Å²) in [6.07, 6.45) is 0. The van der Waals surface area contributed by atoms with Crippen LogP contribution in [0.4, 0.5) is 17.1 Å². The highest BCUT2D eigenvalue weighted by molar-refractivity contribution is 6.42. The molecule has 0 bridgehead atoms. The quantitative estimate of drug-likeness (QED) is 0.683. The van der Waals surface area contributed by atoms with Crippen LogP contribution < -0.4 is 16.0 Å². The Bertz CT molecular complexity index is 761. The first-order valence-corrected chi connectivity index (χ1v) is 8.61. The summed E-state index contributed by atoms with van der Waals surface area (Å²) >= 11 is 18.0. The molecule has 0 radical (unpaired) electrons. The summed E-state index contributed by atoms with van der Waals surface area (Å²) in [5.41, 5.74) is 8.32. The lowest BCUT2D eigenvalue weighted by Gasteiger charge is -2.24. The van der Waals surface area contributed by atoms with Gasteiger partial charge in [0.25, 0.3) is 5.91 Å². The van der Waals surface area contributed by atoms with Crippen molar-refractivity contribution in [1.82, 2.24) is 0 Å². The normalized spacial score (nSPS) is 10.5. The fourth-order valence-electron chi connectivity index (χ4n) is 2.34. The first-order valence-electron chi connectivity index (χ1n) is 7.47. The van der Waals surface area contributed by atoms with Crippen LogP contribution in [0.5, 0.6) is 0 Å². The number of carbonyl (C=O) groups excluding carboxylic acids is 1. The number of nitrogens with zero attached hydrogens (tertiary/aromatic N) is 1. The minimum Gasteiger partial charge on any atom is -0.397 e. The molecule has 2 aromatic carbocycles. The Morgan fingerprint density at radius 2 is 1.71 bits per heavy atom. The van der Waals surface area contributed by atoms with Gasteiger partial charge in [0, 0.05) is 18.7 Å². The number of amides is 1. The smallest absolute Gasteiger partial charge is 0.255 e. The van der Waals surface area contributed by atoms with Crippen LogP contribution in [0.2, 0.25) is 15.1 Å². The number of benzene rings is 2. The summed E-state index contributed by atoms with van der Waals surface area (Å²) < 4.78 is 0. The molecule has 0 aliphatic rings. The molecule has 0 aliphatic heterocycles. The molecule has 128 valence electrons. The molecule has 0 spiro atoms. The lowest BCUT2D eigenvalue weighted by molar-refractivity contribution is 0.102. The number of carbonyl (C=O) groups is 1. The molecule has 0 heterocycles. The van der Waals surface area contributed by atoms with E-state index in [1.807, 2.05) is 13.8 Å². The van der Waals surface area contributed by atoms with Crippen molar-refractivity contribution in [3.8, 4) is 0 Å². The first kappa shape index (κ1) is 18.7. The number of nitrogen functional groups attached to an aromatic ring is 1. The fraction of sp³-hybridized carbons (Fsp3) is 0.235. The van der Waals surface area contributed by atoms with E-state index in [-0.39, 0.29) is 5.91 Å². The molecule has 0 saturated carbocycles. The van der Waals surface area contributed by atoms with Crippen LogP contribution in [0.3, 0.4) is 0 Å². The van der Waals surface area contributed by atoms with Crippen molar-refractivity contribution in [3.05, 3.63) is 51.0 Å². The standard InChI is InChI=1S/C17H18Cl3N3O/c1-3-23(4-2)16-9-15(13(20)8-14(16)21)22-17(24)10-5-6-11(18)12(19)7-10/h5-9H,3-4,21H2,1-2H3,(H,22,24). The highest BCUT2D eigenvalue weighted by Gasteiger charge is 2.14. The predicted octanol–water partition coefficient (Wildman–Crippen LogP) is 5.33. The lowest BCUT2D eigenvalue weighted by atomic mass is 10.2. The van der Waals surface area contributed by atoms with Crippen LogP contribution in [-0.2, 0) is 0 Å². The van der Waals surface area contributed by atoms with E-state index in [4.69, 9.17) is 40.5 Å². The minimum absolute atomic E-state index is 0.316. The molecule has 0 aliphatic carbocycles. The van der Waals surface area contributed by atoms with Gasteiger partial charge in [-0.3, -0.25) is 4.79 Å². The Morgan fingerprint density at radius 3 is 2.29 bits per heavy atom. The fourth-order valence-corrected chi connectivity index (χ4v) is 2.86. The predicted molar refractivity (Wildman–Crippen MR) is 104 cm³/mol. The maximum atomic E-state index is 12.4. The van der Waals surface area contributed by atoms with Crippen molar-refractivity contribution in [2.45, 2.75) is 13.8 Å². The van der Waals surface area contributed by atoms with E-state index < -0.39 is 0 Å². The van der Waals surface area contributed by atoms with E-state index in [9.17, 15) is 4.79 Å². The van der Waals surface area contributed by atoms with E-state index >= 15 is 0 Å². The molecular formula is C17H18Cl3N3O. The average molecular weight is 387 g/mol. The Kier molecular flexibility index (Phi) is 6.21. The SMILES string of the molecule is CCN(CC)c1cc(NC(=O)c2ccc(Cl)c(Cl)c2)c(Cl)cc1N. The molecule has 4 nitrogen and oxygen atoms in total. The first-order chi connectivity index (χ1) is 11.4. The molecule has 7 heteroatoms. The van der Waals surface area contributed by atoms with Gasteiger partial charge in [-0.05, 0) is 44.2 Å². The van der Waals surface area contributed by atoms with Gasteiger partial charge in [-0.25, -0.2) is 0 Å². The van der Waals surface area contributed by atoms with Gasteiger partial charge in [0.2, 0.25) is 0 Å². The van der Waals surface area contributed by atoms with Gasteiger partial charge < -0.3 is 16.0 Å². The molecule has 1 amide bonds. The second kappa shape index (κ2) is 7.97. The van der Waals surface area contributed by atoms with Crippen molar-refractivity contribution >= 4 is 57.8 Å². The molecule has 2 aromatic rings. The summed E-state index contributed by atoms with van der Waals surface area (Å²) in [5, 5.41) is 3.87. The van der Waals surface area contributed by atoms with Crippen molar-refractivity contribution < 1.29 is 4.79 Å². The summed E-state index contributed by atoms with van der Waals surface area (Å²) in [7, 11) is 0. The summed E-state index contributed by atoms with van der Waals surface area (Å²) in [6, 6.07) is 8.10. The molecule has 2 rings (SSSR count). The second-order valence-corrected chi connectivity index (χ2v) is 6.37. The molecule has 24 heavy (non-hydrogen) atoms. The van der Waals surface area contributed by atoms with Gasteiger partial charge in [-0.2, -0.15) is 0 Å². The lowest BCUT2D eigenvalue weighted by Crippen LogP contribution is -2.23. The van der Waals surface area contributed by atoms with Gasteiger partial charge in [0.15, 0.2) is 0 Å². The zero-order valence-electron chi connectivity index (χ0n) is 13.4. The van der Waals surface area contributed by atoms with Gasteiger partial charge in [0.05, 0.1) is 32.1 Å². The van der Waals surface area contributed by atoms with E-state index in [1.165, 1.54) is 6.07 Å². The Labute approximate surface area is 156 Å². The van der Waals surface area contributed by atoms with Crippen LogP contribution in [0.25, 0.3) is 0 Å². The van der Waals surface area contributed by atoms with Gasteiger partial charge >= 0.3 is 0 Å². The molecule has 0 saturated heterocycles. The van der Waals surface area contributed by atoms with Gasteiger partial charge in [-0.15, -0.1) is 0 Å². The van der Waals surface area contributed by atoms with Crippen molar-refractivity contribution in [2.24, 2.45) is 0 Å². The third kappa shape index (κ3) is 4.07. The highest BCUT2D eigenvalue weighted by Crippen LogP contribution is 2.34. The van der Waals surface area contributed by atoms with Gasteiger partial charge in [0.1, 0.15) is 0 Å². The van der Waals surface area contributed by atoms with Gasteiger partial charge in [-0.1, -0.05) is 34.8 Å². The Balaban J connectivity index is 2.33. The van der Waals surface area contributed by atoms with E-state index in [2.05, 4.69) is 10.2 Å². The zero-order valence-corrected chi connectivity index (χ0v) is 15.6. The highest BCUT2D eigenvalue weighted by atomic mass is 35.5. The third-order valence-electron chi connectivity index (χ3n) is 3.65. The van der Waals surface area contributed by atoms with Crippen LogP contribution in [0.15, 0.2) is 30.3 Å². The van der Waals surface area contributed by atoms with Crippen LogP contribution >= 0.6 is 34.8 Å². The summed E-state index contributed by atoms with van der Waals surface area (Å²) in [5.74, 6) is -0.328. The number of hydrogen-bond acceptors (Lipinski definition) is 3. The molecule has 0 aromatic heterocycles. The topological polar surface area (TPSA) is 58.4 Å². The van der Waals surface area contributed by atoms with E-state index in [0.717, 1.165) is 18.8 Å². The summed E-state index contributed by atoms with van der Waals surface area (Å²) in [4.78, 5) is 14.5. The number of hydrogen-bond donors (Lipinski definition) is 2. The Morgan fingerprint density at radius 1 is 1.04 bits per heavy atom. The maximum absolute atomic E-state index is 12.4. The minimum atomic E-state index is -0.328. The van der Waals surface area contributed by atoms with Crippen molar-refractivity contribution in [2.75, 3.05) is 29.0 Å². The molecular weight excluding hydrogens is 369 g/mol. The largest absolute Gasteiger partial charge is 0.397 e. The second-order valence-electron chi connectivity index (χ2n) is 5.15. The van der Waals surface area contributed by atoms with E-state index in [0.29, 0.717) is 32.0 Å². The van der Waals surface area contributed by atoms with Crippen LogP contribution in [0.1, 0.15) is 24.2 Å². The molecule has 0 atom stereocenters. The number of halogens is 3. The number of nitrogens with two attached hydrogens (primary N) is 1. The van der Waals surface area contributed by atoms with Crippen molar-refractivity contribution in [1.29, 1.82) is 0 Å². The summed E-state index contributed by atoms with van der Waals surface area (Å²) in [6.45, 7) is 5.65. The third-order valence-corrected chi connectivity index (χ3v) is 4.70. The Hall–Kier alpha value is -1.62. The zero-order chi connectivity index (χ0) is 17.9. The maximum Gasteiger partial charge on any atom is 0.255 e. The van der Waals surface area contributed by atoms with E-state index in [1.54, 1.807) is 24.3 Å². The number of anilines is 3. The molecule has 0 unspecified atom stereocenters. The molecule has 3 N–H and O–H groups in total. The van der Waals surface area contributed by atoms with Crippen LogP contribution in [-0.4, -0.2) is 19.0 Å². The number of nitrogens with one attached hydrogen (secondary N) is 1. The van der Waals surface area contributed by atoms with Crippen LogP contribution in [0, 0.1) is 0 Å². The average Bonchev–Trinajstić information content (AvgIpc) is 2.55. The monoisotopic (exact) mass is 385 g/mol. The van der Waals surface area contributed by atoms with Crippen molar-refractivity contribution in [3.63, 3.8) is 0 Å². The molecule has 0 fully saturated rings.